The van der Waals surface area contributed by atoms with Crippen LogP contribution in [0.3, 0.4) is 0 Å². The molecule has 0 bridgehead atoms. The van der Waals surface area contributed by atoms with Crippen molar-refractivity contribution in [3.63, 3.8) is 0 Å². The van der Waals surface area contributed by atoms with Crippen molar-refractivity contribution in [1.29, 1.82) is 0 Å². The highest BCUT2D eigenvalue weighted by Crippen LogP contribution is 2.20. The molecule has 19 heavy (non-hydrogen) atoms. The standard InChI is InChI=1S/C10H8ClN5O3/c11-9-3-7(8(5-12-9)16(18)19)10(17)13-4-6-1-2-14-15-6/h1-3,5H,4H2,(H,13,17)(H,14,15). The van der Waals surface area contributed by atoms with Crippen molar-refractivity contribution in [2.75, 3.05) is 0 Å². The zero-order valence-electron chi connectivity index (χ0n) is 9.46. The van der Waals surface area contributed by atoms with Crippen LogP contribution in [0.25, 0.3) is 0 Å². The summed E-state index contributed by atoms with van der Waals surface area (Å²) >= 11 is 5.64. The minimum Gasteiger partial charge on any atom is -0.346 e. The zero-order valence-corrected chi connectivity index (χ0v) is 10.2. The van der Waals surface area contributed by atoms with Gasteiger partial charge in [-0.05, 0) is 12.1 Å². The van der Waals surface area contributed by atoms with Crippen molar-refractivity contribution in [3.8, 4) is 0 Å². The first-order valence-electron chi connectivity index (χ1n) is 5.14. The van der Waals surface area contributed by atoms with Crippen LogP contribution in [0.4, 0.5) is 5.69 Å². The molecule has 0 aliphatic rings. The second-order valence-electron chi connectivity index (χ2n) is 3.55. The van der Waals surface area contributed by atoms with Gasteiger partial charge in [-0.2, -0.15) is 5.10 Å². The van der Waals surface area contributed by atoms with E-state index in [0.29, 0.717) is 5.69 Å². The van der Waals surface area contributed by atoms with Crippen molar-refractivity contribution in [2.24, 2.45) is 0 Å². The average Bonchev–Trinajstić information content (AvgIpc) is 2.88. The lowest BCUT2D eigenvalue weighted by Gasteiger charge is -2.04. The number of aromatic nitrogens is 3. The van der Waals surface area contributed by atoms with Gasteiger partial charge in [0, 0.05) is 6.20 Å². The Morgan fingerprint density at radius 3 is 3.00 bits per heavy atom. The second kappa shape index (κ2) is 5.44. The van der Waals surface area contributed by atoms with E-state index >= 15 is 0 Å². The van der Waals surface area contributed by atoms with E-state index in [9.17, 15) is 14.9 Å². The summed E-state index contributed by atoms with van der Waals surface area (Å²) in [7, 11) is 0. The van der Waals surface area contributed by atoms with Gasteiger partial charge in [-0.15, -0.1) is 0 Å². The molecule has 0 fully saturated rings. The Labute approximate surface area is 112 Å². The van der Waals surface area contributed by atoms with Gasteiger partial charge >= 0.3 is 0 Å². The molecular weight excluding hydrogens is 274 g/mol. The SMILES string of the molecule is O=C(NCc1ccn[nH]1)c1cc(Cl)ncc1[N+](=O)[O-]. The molecular formula is C10H8ClN5O3. The monoisotopic (exact) mass is 281 g/mol. The first-order chi connectivity index (χ1) is 9.08. The Hall–Kier alpha value is -2.48. The first-order valence-corrected chi connectivity index (χ1v) is 5.52. The summed E-state index contributed by atoms with van der Waals surface area (Å²) in [5.41, 5.74) is 0.146. The molecule has 2 aromatic rings. The molecule has 8 nitrogen and oxygen atoms in total. The lowest BCUT2D eigenvalue weighted by molar-refractivity contribution is -0.385. The summed E-state index contributed by atoms with van der Waals surface area (Å²) in [6.07, 6.45) is 2.49. The predicted octanol–water partition coefficient (Wildman–Crippen LogP) is 1.30. The molecule has 0 aliphatic heterocycles. The maximum absolute atomic E-state index is 11.9. The normalized spacial score (nSPS) is 10.2. The Balaban J connectivity index is 2.18. The number of hydrogen-bond donors (Lipinski definition) is 2. The van der Waals surface area contributed by atoms with Gasteiger partial charge in [0.2, 0.25) is 0 Å². The molecule has 0 spiro atoms. The molecule has 2 rings (SSSR count). The number of nitrogens with zero attached hydrogens (tertiary/aromatic N) is 3. The summed E-state index contributed by atoms with van der Waals surface area (Å²) in [5.74, 6) is -0.606. The zero-order chi connectivity index (χ0) is 13.8. The van der Waals surface area contributed by atoms with Crippen molar-refractivity contribution in [2.45, 2.75) is 6.54 Å². The Morgan fingerprint density at radius 2 is 2.37 bits per heavy atom. The highest BCUT2D eigenvalue weighted by atomic mass is 35.5. The van der Waals surface area contributed by atoms with E-state index in [1.54, 1.807) is 6.07 Å². The molecule has 0 radical (unpaired) electrons. The van der Waals surface area contributed by atoms with Gasteiger partial charge in [0.1, 0.15) is 16.9 Å². The third kappa shape index (κ3) is 3.05. The second-order valence-corrected chi connectivity index (χ2v) is 3.93. The van der Waals surface area contributed by atoms with Crippen molar-refractivity contribution in [1.82, 2.24) is 20.5 Å². The van der Waals surface area contributed by atoms with Crippen LogP contribution < -0.4 is 5.32 Å². The number of H-pyrrole nitrogens is 1. The fraction of sp³-hybridized carbons (Fsp3) is 0.100. The van der Waals surface area contributed by atoms with E-state index < -0.39 is 16.5 Å². The molecule has 0 unspecified atom stereocenters. The number of amides is 1. The number of aromatic amines is 1. The van der Waals surface area contributed by atoms with Crippen molar-refractivity contribution in [3.05, 3.63) is 51.1 Å². The minimum atomic E-state index is -0.686. The number of nitrogens with one attached hydrogen (secondary N) is 2. The molecule has 2 heterocycles. The van der Waals surface area contributed by atoms with Crippen LogP contribution in [-0.4, -0.2) is 26.0 Å². The molecule has 0 saturated carbocycles. The Bertz CT molecular complexity index is 614. The molecule has 0 aliphatic carbocycles. The van der Waals surface area contributed by atoms with Gasteiger partial charge in [-0.1, -0.05) is 11.6 Å². The van der Waals surface area contributed by atoms with Gasteiger partial charge in [-0.25, -0.2) is 4.98 Å². The Kier molecular flexibility index (Phi) is 3.71. The van der Waals surface area contributed by atoms with E-state index in [1.165, 1.54) is 6.20 Å². The van der Waals surface area contributed by atoms with Gasteiger partial charge < -0.3 is 5.32 Å². The lowest BCUT2D eigenvalue weighted by Crippen LogP contribution is -2.24. The fourth-order valence-electron chi connectivity index (χ4n) is 1.40. The van der Waals surface area contributed by atoms with E-state index in [-0.39, 0.29) is 17.3 Å². The number of halogens is 1. The summed E-state index contributed by atoms with van der Waals surface area (Å²) < 4.78 is 0. The van der Waals surface area contributed by atoms with Gasteiger partial charge in [0.15, 0.2) is 0 Å². The van der Waals surface area contributed by atoms with Gasteiger partial charge in [-0.3, -0.25) is 20.0 Å². The molecule has 9 heteroatoms. The van der Waals surface area contributed by atoms with Crippen LogP contribution in [-0.2, 0) is 6.54 Å². The van der Waals surface area contributed by atoms with Gasteiger partial charge in [0.25, 0.3) is 11.6 Å². The van der Waals surface area contributed by atoms with E-state index in [0.717, 1.165) is 12.3 Å². The maximum Gasteiger partial charge on any atom is 0.300 e. The Morgan fingerprint density at radius 1 is 1.58 bits per heavy atom. The molecule has 2 N–H and O–H groups in total. The van der Waals surface area contributed by atoms with Gasteiger partial charge in [0.05, 0.1) is 17.2 Å². The molecule has 0 atom stereocenters. The average molecular weight is 282 g/mol. The molecule has 1 amide bonds. The predicted molar refractivity (Wildman–Crippen MR) is 65.7 cm³/mol. The number of carbonyl (C=O) groups is 1. The van der Waals surface area contributed by atoms with E-state index in [4.69, 9.17) is 11.6 Å². The van der Waals surface area contributed by atoms with Crippen LogP contribution in [0, 0.1) is 10.1 Å². The number of hydrogen-bond acceptors (Lipinski definition) is 5. The summed E-state index contributed by atoms with van der Waals surface area (Å²) in [6.45, 7) is 0.177. The molecule has 0 saturated heterocycles. The smallest absolute Gasteiger partial charge is 0.300 e. The quantitative estimate of drug-likeness (QED) is 0.498. The van der Waals surface area contributed by atoms with Crippen molar-refractivity contribution < 1.29 is 9.72 Å². The highest BCUT2D eigenvalue weighted by Gasteiger charge is 2.21. The fourth-order valence-corrected chi connectivity index (χ4v) is 1.56. The van der Waals surface area contributed by atoms with Crippen LogP contribution in [0.1, 0.15) is 16.1 Å². The van der Waals surface area contributed by atoms with Crippen LogP contribution in [0.15, 0.2) is 24.5 Å². The maximum atomic E-state index is 11.9. The van der Waals surface area contributed by atoms with E-state index in [2.05, 4.69) is 20.5 Å². The molecule has 0 aromatic carbocycles. The number of rotatable bonds is 4. The van der Waals surface area contributed by atoms with Crippen LogP contribution in [0.5, 0.6) is 0 Å². The van der Waals surface area contributed by atoms with E-state index in [1.807, 2.05) is 0 Å². The lowest BCUT2D eigenvalue weighted by atomic mass is 10.2. The van der Waals surface area contributed by atoms with Crippen LogP contribution in [0.2, 0.25) is 5.15 Å². The summed E-state index contributed by atoms with van der Waals surface area (Å²) in [6, 6.07) is 2.83. The third-order valence-electron chi connectivity index (χ3n) is 2.29. The summed E-state index contributed by atoms with van der Waals surface area (Å²) in [5, 5.41) is 19.7. The van der Waals surface area contributed by atoms with Crippen molar-refractivity contribution >= 4 is 23.2 Å². The first kappa shape index (κ1) is 13.0. The number of pyridine rings is 1. The topological polar surface area (TPSA) is 114 Å². The number of nitro groups is 1. The molecule has 98 valence electrons. The number of carbonyl (C=O) groups excluding carboxylic acids is 1. The minimum absolute atomic E-state index is 0.0114. The third-order valence-corrected chi connectivity index (χ3v) is 2.50. The van der Waals surface area contributed by atoms with Crippen LogP contribution >= 0.6 is 11.6 Å². The summed E-state index contributed by atoms with van der Waals surface area (Å²) in [4.78, 5) is 25.6. The largest absolute Gasteiger partial charge is 0.346 e. The molecule has 2 aromatic heterocycles. The highest BCUT2D eigenvalue weighted by molar-refractivity contribution is 6.29.